The van der Waals surface area contributed by atoms with Crippen LogP contribution < -0.4 is 5.32 Å². The predicted octanol–water partition coefficient (Wildman–Crippen LogP) is 0.955. The second-order valence-corrected chi connectivity index (χ2v) is 5.97. The second kappa shape index (κ2) is 5.85. The van der Waals surface area contributed by atoms with Gasteiger partial charge in [0.1, 0.15) is 0 Å². The Labute approximate surface area is 123 Å². The van der Waals surface area contributed by atoms with E-state index in [1.54, 1.807) is 0 Å². The van der Waals surface area contributed by atoms with Crippen molar-refractivity contribution in [1.29, 1.82) is 0 Å². The second-order valence-electron chi connectivity index (χ2n) is 5.97. The fourth-order valence-corrected chi connectivity index (χ4v) is 3.53. The van der Waals surface area contributed by atoms with E-state index in [4.69, 9.17) is 0 Å². The van der Waals surface area contributed by atoms with Crippen LogP contribution in [0.4, 0.5) is 0 Å². The van der Waals surface area contributed by atoms with E-state index in [9.17, 15) is 14.7 Å². The number of carboxylic acids is 1. The summed E-state index contributed by atoms with van der Waals surface area (Å²) in [6, 6.07) is 10.2. The fourth-order valence-electron chi connectivity index (χ4n) is 3.53. The standard InChI is InChI=1S/C16H20N2O3/c19-15-12-6-7-18(9-11-4-2-1-3-5-11)10-14(12)13(8-17-15)16(20)21/h1-5,12-14H,6-10H2,(H,17,19)(H,20,21). The predicted molar refractivity (Wildman–Crippen MR) is 77.5 cm³/mol. The number of benzene rings is 1. The van der Waals surface area contributed by atoms with E-state index in [2.05, 4.69) is 22.3 Å². The Morgan fingerprint density at radius 1 is 1.33 bits per heavy atom. The maximum absolute atomic E-state index is 11.9. The van der Waals surface area contributed by atoms with E-state index in [0.29, 0.717) is 6.54 Å². The summed E-state index contributed by atoms with van der Waals surface area (Å²) in [5.41, 5.74) is 1.23. The minimum absolute atomic E-state index is 0.0249. The lowest BCUT2D eigenvalue weighted by Gasteiger charge is -2.43. The summed E-state index contributed by atoms with van der Waals surface area (Å²) in [4.78, 5) is 25.6. The summed E-state index contributed by atoms with van der Waals surface area (Å²) in [7, 11) is 0. The summed E-state index contributed by atoms with van der Waals surface area (Å²) < 4.78 is 0. The van der Waals surface area contributed by atoms with Crippen molar-refractivity contribution in [3.63, 3.8) is 0 Å². The lowest BCUT2D eigenvalue weighted by Crippen LogP contribution is -2.56. The van der Waals surface area contributed by atoms with Crippen LogP contribution in [0.2, 0.25) is 0 Å². The molecule has 2 saturated heterocycles. The van der Waals surface area contributed by atoms with Crippen molar-refractivity contribution < 1.29 is 14.7 Å². The number of rotatable bonds is 3. The maximum Gasteiger partial charge on any atom is 0.308 e. The molecule has 5 heteroatoms. The molecule has 3 rings (SSSR count). The van der Waals surface area contributed by atoms with Crippen LogP contribution in [0.3, 0.4) is 0 Å². The Balaban J connectivity index is 1.71. The van der Waals surface area contributed by atoms with Gasteiger partial charge in [-0.15, -0.1) is 0 Å². The Hall–Kier alpha value is -1.88. The molecule has 0 spiro atoms. The normalized spacial score (nSPS) is 29.5. The monoisotopic (exact) mass is 288 g/mol. The molecule has 1 aromatic carbocycles. The van der Waals surface area contributed by atoms with Gasteiger partial charge in [-0.2, -0.15) is 0 Å². The number of aliphatic carboxylic acids is 1. The SMILES string of the molecule is O=C(O)C1CNC(=O)C2CCN(Cc3ccccc3)CC12. The van der Waals surface area contributed by atoms with Gasteiger partial charge in [0.2, 0.25) is 5.91 Å². The summed E-state index contributed by atoms with van der Waals surface area (Å²) in [6.07, 6.45) is 0.743. The number of likely N-dealkylation sites (tertiary alicyclic amines) is 1. The van der Waals surface area contributed by atoms with E-state index >= 15 is 0 Å². The Bertz CT molecular complexity index is 530. The highest BCUT2D eigenvalue weighted by Gasteiger charge is 2.44. The average molecular weight is 288 g/mol. The number of carbonyl (C=O) groups is 2. The van der Waals surface area contributed by atoms with Crippen LogP contribution in [0, 0.1) is 17.8 Å². The van der Waals surface area contributed by atoms with Crippen LogP contribution in [0.5, 0.6) is 0 Å². The molecule has 5 nitrogen and oxygen atoms in total. The van der Waals surface area contributed by atoms with E-state index in [1.807, 2.05) is 18.2 Å². The zero-order valence-corrected chi connectivity index (χ0v) is 11.9. The molecule has 2 N–H and O–H groups in total. The minimum atomic E-state index is -0.799. The van der Waals surface area contributed by atoms with Gasteiger partial charge in [-0.05, 0) is 24.4 Å². The lowest BCUT2D eigenvalue weighted by molar-refractivity contribution is -0.150. The number of fused-ring (bicyclic) bond motifs is 1. The molecule has 3 unspecified atom stereocenters. The van der Waals surface area contributed by atoms with E-state index in [0.717, 1.165) is 19.5 Å². The van der Waals surface area contributed by atoms with E-state index in [1.165, 1.54) is 5.56 Å². The third kappa shape index (κ3) is 2.93. The molecule has 0 radical (unpaired) electrons. The number of piperidine rings is 2. The molecule has 0 bridgehead atoms. The van der Waals surface area contributed by atoms with Crippen LogP contribution in [0.25, 0.3) is 0 Å². The van der Waals surface area contributed by atoms with Crippen molar-refractivity contribution in [3.05, 3.63) is 35.9 Å². The van der Waals surface area contributed by atoms with Gasteiger partial charge in [-0.3, -0.25) is 14.5 Å². The number of hydrogen-bond donors (Lipinski definition) is 2. The third-order valence-corrected chi connectivity index (χ3v) is 4.66. The van der Waals surface area contributed by atoms with Gasteiger partial charge in [-0.25, -0.2) is 0 Å². The number of nitrogens with one attached hydrogen (secondary N) is 1. The van der Waals surface area contributed by atoms with Crippen molar-refractivity contribution >= 4 is 11.9 Å². The first-order valence-corrected chi connectivity index (χ1v) is 7.42. The largest absolute Gasteiger partial charge is 0.481 e. The van der Waals surface area contributed by atoms with E-state index < -0.39 is 11.9 Å². The van der Waals surface area contributed by atoms with Crippen LogP contribution in [-0.2, 0) is 16.1 Å². The molecule has 0 saturated carbocycles. The highest BCUT2D eigenvalue weighted by Crippen LogP contribution is 2.33. The van der Waals surface area contributed by atoms with Gasteiger partial charge < -0.3 is 10.4 Å². The third-order valence-electron chi connectivity index (χ3n) is 4.66. The molecule has 0 aliphatic carbocycles. The number of nitrogens with zero attached hydrogens (tertiary/aromatic N) is 1. The van der Waals surface area contributed by atoms with Crippen LogP contribution in [0.15, 0.2) is 30.3 Å². The van der Waals surface area contributed by atoms with Crippen molar-refractivity contribution in [2.45, 2.75) is 13.0 Å². The number of carbonyl (C=O) groups excluding carboxylic acids is 1. The van der Waals surface area contributed by atoms with Gasteiger partial charge in [0, 0.05) is 25.6 Å². The van der Waals surface area contributed by atoms with Crippen LogP contribution in [-0.4, -0.2) is 41.5 Å². The lowest BCUT2D eigenvalue weighted by atomic mass is 9.74. The molecule has 2 aliphatic heterocycles. The van der Waals surface area contributed by atoms with Gasteiger partial charge in [0.05, 0.1) is 5.92 Å². The average Bonchev–Trinajstić information content (AvgIpc) is 2.48. The van der Waals surface area contributed by atoms with Gasteiger partial charge in [0.25, 0.3) is 0 Å². The minimum Gasteiger partial charge on any atom is -0.481 e. The molecular weight excluding hydrogens is 268 g/mol. The summed E-state index contributed by atoms with van der Waals surface area (Å²) >= 11 is 0. The first-order chi connectivity index (χ1) is 10.1. The fraction of sp³-hybridized carbons (Fsp3) is 0.500. The molecule has 112 valence electrons. The highest BCUT2D eigenvalue weighted by atomic mass is 16.4. The molecule has 2 heterocycles. The van der Waals surface area contributed by atoms with Crippen LogP contribution >= 0.6 is 0 Å². The topological polar surface area (TPSA) is 69.6 Å². The first kappa shape index (κ1) is 14.1. The maximum atomic E-state index is 11.9. The molecular formula is C16H20N2O3. The molecule has 2 aliphatic rings. The number of amides is 1. The van der Waals surface area contributed by atoms with Crippen molar-refractivity contribution in [2.75, 3.05) is 19.6 Å². The van der Waals surface area contributed by atoms with E-state index in [-0.39, 0.29) is 24.3 Å². The number of hydrogen-bond acceptors (Lipinski definition) is 3. The van der Waals surface area contributed by atoms with Crippen molar-refractivity contribution in [3.8, 4) is 0 Å². The summed E-state index contributed by atoms with van der Waals surface area (Å²) in [5.74, 6) is -1.46. The molecule has 1 amide bonds. The molecule has 3 atom stereocenters. The van der Waals surface area contributed by atoms with Crippen LogP contribution in [0.1, 0.15) is 12.0 Å². The Morgan fingerprint density at radius 3 is 2.81 bits per heavy atom. The molecule has 2 fully saturated rings. The van der Waals surface area contributed by atoms with Gasteiger partial charge in [-0.1, -0.05) is 30.3 Å². The van der Waals surface area contributed by atoms with Crippen molar-refractivity contribution in [2.24, 2.45) is 17.8 Å². The molecule has 0 aromatic heterocycles. The molecule has 21 heavy (non-hydrogen) atoms. The zero-order chi connectivity index (χ0) is 14.8. The summed E-state index contributed by atoms with van der Waals surface area (Å²) in [6.45, 7) is 2.60. The van der Waals surface area contributed by atoms with Gasteiger partial charge in [0.15, 0.2) is 0 Å². The smallest absolute Gasteiger partial charge is 0.308 e. The zero-order valence-electron chi connectivity index (χ0n) is 11.9. The quantitative estimate of drug-likeness (QED) is 0.869. The molecule has 1 aromatic rings. The van der Waals surface area contributed by atoms with Gasteiger partial charge >= 0.3 is 5.97 Å². The Kier molecular flexibility index (Phi) is 3.92. The first-order valence-electron chi connectivity index (χ1n) is 7.42. The Morgan fingerprint density at radius 2 is 2.10 bits per heavy atom. The highest BCUT2D eigenvalue weighted by molar-refractivity contribution is 5.83. The van der Waals surface area contributed by atoms with Crippen molar-refractivity contribution in [1.82, 2.24) is 10.2 Å². The number of carboxylic acid groups (broad SMARTS) is 1. The summed E-state index contributed by atoms with van der Waals surface area (Å²) in [5, 5.41) is 12.1.